The van der Waals surface area contributed by atoms with E-state index in [9.17, 15) is 9.59 Å². The van der Waals surface area contributed by atoms with Crippen LogP contribution in [-0.4, -0.2) is 28.9 Å². The Kier molecular flexibility index (Phi) is 5.60. The molecule has 0 aromatic carbocycles. The van der Waals surface area contributed by atoms with Gasteiger partial charge in [-0.15, -0.1) is 11.6 Å². The molecule has 0 aromatic heterocycles. The number of ketones is 1. The molecule has 1 rings (SSSR count). The van der Waals surface area contributed by atoms with Crippen LogP contribution in [0.1, 0.15) is 38.5 Å². The van der Waals surface area contributed by atoms with Crippen molar-refractivity contribution in [2.45, 2.75) is 44.6 Å². The standard InChI is InChI=1S/C11H18ClNO3/c12-7-10(14)9(13-11(15)16)6-8-4-2-1-3-5-8/h8-9,13H,1-7H2,(H,15,16). The molecule has 1 aliphatic rings. The van der Waals surface area contributed by atoms with Gasteiger partial charge in [-0.2, -0.15) is 0 Å². The Morgan fingerprint density at radius 1 is 1.31 bits per heavy atom. The lowest BCUT2D eigenvalue weighted by atomic mass is 9.84. The van der Waals surface area contributed by atoms with E-state index in [0.29, 0.717) is 12.3 Å². The van der Waals surface area contributed by atoms with Crippen LogP contribution in [0.15, 0.2) is 0 Å². The Balaban J connectivity index is 2.47. The van der Waals surface area contributed by atoms with Crippen molar-refractivity contribution in [2.75, 3.05) is 5.88 Å². The van der Waals surface area contributed by atoms with E-state index in [-0.39, 0.29) is 11.7 Å². The van der Waals surface area contributed by atoms with Gasteiger partial charge in [0.2, 0.25) is 0 Å². The van der Waals surface area contributed by atoms with E-state index in [2.05, 4.69) is 5.32 Å². The van der Waals surface area contributed by atoms with Crippen molar-refractivity contribution in [3.05, 3.63) is 0 Å². The van der Waals surface area contributed by atoms with Gasteiger partial charge in [-0.05, 0) is 12.3 Å². The molecule has 1 atom stereocenters. The molecule has 16 heavy (non-hydrogen) atoms. The molecule has 0 bridgehead atoms. The molecule has 4 nitrogen and oxygen atoms in total. The van der Waals surface area contributed by atoms with Crippen molar-refractivity contribution in [1.29, 1.82) is 0 Å². The van der Waals surface area contributed by atoms with Crippen LogP contribution in [0.2, 0.25) is 0 Å². The molecule has 1 saturated carbocycles. The molecule has 1 fully saturated rings. The highest BCUT2D eigenvalue weighted by molar-refractivity contribution is 6.28. The third-order valence-corrected chi connectivity index (χ3v) is 3.38. The number of Topliss-reactive ketones (excluding diaryl/α,β-unsaturated/α-hetero) is 1. The molecule has 2 N–H and O–H groups in total. The number of amides is 1. The second kappa shape index (κ2) is 6.74. The molecule has 1 unspecified atom stereocenters. The number of carboxylic acid groups (broad SMARTS) is 1. The first-order chi connectivity index (χ1) is 7.63. The summed E-state index contributed by atoms with van der Waals surface area (Å²) < 4.78 is 0. The summed E-state index contributed by atoms with van der Waals surface area (Å²) in [6.07, 6.45) is 5.23. The Morgan fingerprint density at radius 2 is 1.94 bits per heavy atom. The second-order valence-electron chi connectivity index (χ2n) is 4.34. The molecule has 0 saturated heterocycles. The molecule has 0 aromatic rings. The van der Waals surface area contributed by atoms with E-state index in [0.717, 1.165) is 12.8 Å². The van der Waals surface area contributed by atoms with Crippen LogP contribution >= 0.6 is 11.6 Å². The van der Waals surface area contributed by atoms with E-state index in [4.69, 9.17) is 16.7 Å². The number of alkyl halides is 1. The maximum atomic E-state index is 11.5. The summed E-state index contributed by atoms with van der Waals surface area (Å²) in [7, 11) is 0. The number of carbonyl (C=O) groups excluding carboxylic acids is 1. The van der Waals surface area contributed by atoms with E-state index in [1.807, 2.05) is 0 Å². The van der Waals surface area contributed by atoms with Crippen molar-refractivity contribution in [2.24, 2.45) is 5.92 Å². The van der Waals surface area contributed by atoms with Crippen LogP contribution in [0, 0.1) is 5.92 Å². The summed E-state index contributed by atoms with van der Waals surface area (Å²) in [4.78, 5) is 22.0. The predicted molar refractivity (Wildman–Crippen MR) is 61.9 cm³/mol. The Morgan fingerprint density at radius 3 is 2.44 bits per heavy atom. The van der Waals surface area contributed by atoms with Crippen molar-refractivity contribution in [1.82, 2.24) is 5.32 Å². The molecule has 1 aliphatic carbocycles. The zero-order valence-electron chi connectivity index (χ0n) is 9.25. The van der Waals surface area contributed by atoms with Gasteiger partial charge in [0.1, 0.15) is 0 Å². The van der Waals surface area contributed by atoms with Crippen molar-refractivity contribution in [3.8, 4) is 0 Å². The van der Waals surface area contributed by atoms with Crippen LogP contribution in [0.5, 0.6) is 0 Å². The molecule has 0 aliphatic heterocycles. The minimum absolute atomic E-state index is 0.127. The average Bonchev–Trinajstić information content (AvgIpc) is 2.28. The van der Waals surface area contributed by atoms with E-state index in [1.54, 1.807) is 0 Å². The predicted octanol–water partition coefficient (Wildman–Crippen LogP) is 2.40. The first kappa shape index (κ1) is 13.3. The fourth-order valence-corrected chi connectivity index (χ4v) is 2.46. The molecule has 92 valence electrons. The molecule has 5 heteroatoms. The highest BCUT2D eigenvalue weighted by Crippen LogP contribution is 2.27. The number of carbonyl (C=O) groups is 2. The number of hydrogen-bond acceptors (Lipinski definition) is 2. The Labute approximate surface area is 100 Å². The average molecular weight is 248 g/mol. The fraction of sp³-hybridized carbons (Fsp3) is 0.818. The summed E-state index contributed by atoms with van der Waals surface area (Å²) in [5.41, 5.74) is 0. The van der Waals surface area contributed by atoms with Crippen LogP contribution < -0.4 is 5.32 Å². The lowest BCUT2D eigenvalue weighted by molar-refractivity contribution is -0.119. The van der Waals surface area contributed by atoms with Gasteiger partial charge < -0.3 is 10.4 Å². The smallest absolute Gasteiger partial charge is 0.405 e. The number of rotatable bonds is 5. The molecule has 1 amide bonds. The van der Waals surface area contributed by atoms with E-state index >= 15 is 0 Å². The fourth-order valence-electron chi connectivity index (χ4n) is 2.27. The van der Waals surface area contributed by atoms with Crippen LogP contribution in [0.25, 0.3) is 0 Å². The zero-order valence-corrected chi connectivity index (χ0v) is 10.0. The lowest BCUT2D eigenvalue weighted by Gasteiger charge is -2.25. The van der Waals surface area contributed by atoms with Crippen LogP contribution in [0.3, 0.4) is 0 Å². The Hall–Kier alpha value is -0.770. The van der Waals surface area contributed by atoms with Gasteiger partial charge in [0, 0.05) is 0 Å². The summed E-state index contributed by atoms with van der Waals surface area (Å²) in [6, 6.07) is -0.627. The summed E-state index contributed by atoms with van der Waals surface area (Å²) in [6.45, 7) is 0. The normalized spacial score (nSPS) is 19.1. The molecular weight excluding hydrogens is 230 g/mol. The summed E-state index contributed by atoms with van der Waals surface area (Å²) >= 11 is 5.47. The summed E-state index contributed by atoms with van der Waals surface area (Å²) in [5.74, 6) is 0.102. The first-order valence-electron chi connectivity index (χ1n) is 5.71. The highest BCUT2D eigenvalue weighted by atomic mass is 35.5. The maximum absolute atomic E-state index is 11.5. The first-order valence-corrected chi connectivity index (χ1v) is 6.25. The van der Waals surface area contributed by atoms with Crippen LogP contribution in [0.4, 0.5) is 4.79 Å². The van der Waals surface area contributed by atoms with E-state index < -0.39 is 12.1 Å². The minimum atomic E-state index is -1.15. The third kappa shape index (κ3) is 4.39. The lowest BCUT2D eigenvalue weighted by Crippen LogP contribution is -2.42. The maximum Gasteiger partial charge on any atom is 0.405 e. The zero-order chi connectivity index (χ0) is 12.0. The largest absolute Gasteiger partial charge is 0.465 e. The highest BCUT2D eigenvalue weighted by Gasteiger charge is 2.24. The van der Waals surface area contributed by atoms with Crippen LogP contribution in [-0.2, 0) is 4.79 Å². The molecular formula is C11H18ClNO3. The van der Waals surface area contributed by atoms with Crippen molar-refractivity contribution < 1.29 is 14.7 Å². The quantitative estimate of drug-likeness (QED) is 0.733. The minimum Gasteiger partial charge on any atom is -0.465 e. The number of halogens is 1. The van der Waals surface area contributed by atoms with Gasteiger partial charge in [0.25, 0.3) is 0 Å². The number of nitrogens with one attached hydrogen (secondary N) is 1. The number of hydrogen-bond donors (Lipinski definition) is 2. The molecule has 0 heterocycles. The Bertz CT molecular complexity index is 252. The third-order valence-electron chi connectivity index (χ3n) is 3.11. The SMILES string of the molecule is O=C(O)NC(CC1CCCCC1)C(=O)CCl. The monoisotopic (exact) mass is 247 g/mol. The molecule has 0 spiro atoms. The summed E-state index contributed by atoms with van der Waals surface area (Å²) in [5, 5.41) is 10.9. The molecule has 0 radical (unpaired) electrons. The van der Waals surface area contributed by atoms with Gasteiger partial charge in [-0.25, -0.2) is 4.79 Å². The van der Waals surface area contributed by atoms with Crippen molar-refractivity contribution >= 4 is 23.5 Å². The van der Waals surface area contributed by atoms with Gasteiger partial charge in [0.15, 0.2) is 5.78 Å². The van der Waals surface area contributed by atoms with E-state index in [1.165, 1.54) is 19.3 Å². The van der Waals surface area contributed by atoms with Gasteiger partial charge in [-0.1, -0.05) is 32.1 Å². The van der Waals surface area contributed by atoms with Gasteiger partial charge >= 0.3 is 6.09 Å². The van der Waals surface area contributed by atoms with Gasteiger partial charge in [-0.3, -0.25) is 4.79 Å². The topological polar surface area (TPSA) is 66.4 Å². The van der Waals surface area contributed by atoms with Gasteiger partial charge in [0.05, 0.1) is 11.9 Å². The second-order valence-corrected chi connectivity index (χ2v) is 4.61. The van der Waals surface area contributed by atoms with Crippen molar-refractivity contribution in [3.63, 3.8) is 0 Å².